The van der Waals surface area contributed by atoms with Crippen LogP contribution in [0.3, 0.4) is 0 Å². The second-order valence-corrected chi connectivity index (χ2v) is 20.2. The second-order valence-electron chi connectivity index (χ2n) is 14.6. The summed E-state index contributed by atoms with van der Waals surface area (Å²) in [6, 6.07) is 9.90. The van der Waals surface area contributed by atoms with Crippen molar-refractivity contribution >= 4 is 25.6 Å². The van der Waals surface area contributed by atoms with Gasteiger partial charge in [-0.15, -0.1) is 0 Å². The molecule has 2 N–H and O–H groups in total. The number of aromatic nitrogens is 4. The van der Waals surface area contributed by atoms with Gasteiger partial charge in [-0.3, -0.25) is 14.3 Å². The van der Waals surface area contributed by atoms with E-state index in [-0.39, 0.29) is 17.7 Å². The van der Waals surface area contributed by atoms with Crippen LogP contribution in [0.2, 0.25) is 25.7 Å². The van der Waals surface area contributed by atoms with Gasteiger partial charge in [0.2, 0.25) is 5.91 Å². The number of anilines is 1. The van der Waals surface area contributed by atoms with E-state index in [9.17, 15) is 9.59 Å². The Morgan fingerprint density at radius 1 is 1.06 bits per heavy atom. The first kappa shape index (κ1) is 36.3. The van der Waals surface area contributed by atoms with E-state index in [1.807, 2.05) is 35.9 Å². The van der Waals surface area contributed by atoms with Crippen LogP contribution < -0.4 is 10.6 Å². The molecule has 5 rings (SSSR count). The minimum absolute atomic E-state index is 0.125. The molecule has 2 aliphatic rings. The Hall–Kier alpha value is -3.97. The average molecular weight is 690 g/mol. The van der Waals surface area contributed by atoms with Gasteiger partial charge in [0.05, 0.1) is 12.3 Å². The Bertz CT molecular complexity index is 1600. The quantitative estimate of drug-likeness (QED) is 0.0442. The van der Waals surface area contributed by atoms with E-state index in [4.69, 9.17) is 20.1 Å². The summed E-state index contributed by atoms with van der Waals surface area (Å²) >= 11 is 0. The van der Waals surface area contributed by atoms with Crippen molar-refractivity contribution < 1.29 is 19.1 Å². The molecule has 2 heterocycles. The zero-order chi connectivity index (χ0) is 35.0. The van der Waals surface area contributed by atoms with Crippen molar-refractivity contribution in [2.24, 2.45) is 29.9 Å². The maximum absolute atomic E-state index is 13.9. The molecular weight excluding hydrogens is 639 g/mol. The van der Waals surface area contributed by atoms with Crippen LogP contribution in [0.5, 0.6) is 0 Å². The van der Waals surface area contributed by atoms with Gasteiger partial charge in [-0.25, -0.2) is 4.68 Å². The molecule has 2 saturated carbocycles. The van der Waals surface area contributed by atoms with Crippen molar-refractivity contribution in [2.75, 3.05) is 25.1 Å². The van der Waals surface area contributed by atoms with E-state index < -0.39 is 14.1 Å². The summed E-state index contributed by atoms with van der Waals surface area (Å²) in [5.74, 6) is 0.566. The highest BCUT2D eigenvalue weighted by Crippen LogP contribution is 2.51. The fraction of sp³-hybridized carbons (Fsp3) is 0.600. The van der Waals surface area contributed by atoms with E-state index in [2.05, 4.69) is 45.4 Å². The summed E-state index contributed by atoms with van der Waals surface area (Å²) < 4.78 is 15.5. The van der Waals surface area contributed by atoms with Gasteiger partial charge in [-0.2, -0.15) is 10.2 Å². The number of rotatable bonds is 20. The van der Waals surface area contributed by atoms with Crippen molar-refractivity contribution in [3.8, 4) is 11.1 Å². The SMILES string of the molecule is Cc1c(-c2ccc(NC(=O)[C@@H](NC(=O)c3ccnn3C)C(C3CC3)C3CC3)cc2)c(COCCCCN=[N+]=[N-])nn1COCC[Si](C)(C)C. The summed E-state index contributed by atoms with van der Waals surface area (Å²) in [5, 5.41) is 18.8. The minimum Gasteiger partial charge on any atom is -0.375 e. The monoisotopic (exact) mass is 689 g/mol. The zero-order valence-corrected chi connectivity index (χ0v) is 30.5. The third-order valence-corrected chi connectivity index (χ3v) is 11.1. The normalized spacial score (nSPS) is 15.2. The lowest BCUT2D eigenvalue weighted by Gasteiger charge is -2.27. The van der Waals surface area contributed by atoms with Gasteiger partial charge in [0.15, 0.2) is 0 Å². The summed E-state index contributed by atoms with van der Waals surface area (Å²) in [6.07, 6.45) is 7.52. The molecule has 13 nitrogen and oxygen atoms in total. The van der Waals surface area contributed by atoms with Gasteiger partial charge in [0.25, 0.3) is 5.91 Å². The van der Waals surface area contributed by atoms with Crippen molar-refractivity contribution in [1.29, 1.82) is 0 Å². The number of aryl methyl sites for hydroxylation is 1. The molecular formula is C35H51N9O4Si. The van der Waals surface area contributed by atoms with E-state index in [0.717, 1.165) is 67.1 Å². The molecule has 264 valence electrons. The van der Waals surface area contributed by atoms with Crippen molar-refractivity contribution in [3.63, 3.8) is 0 Å². The third kappa shape index (κ3) is 10.3. The number of hydrogen-bond donors (Lipinski definition) is 2. The molecule has 49 heavy (non-hydrogen) atoms. The van der Waals surface area contributed by atoms with Gasteiger partial charge in [0, 0.05) is 62.9 Å². The molecule has 2 aliphatic carbocycles. The van der Waals surface area contributed by atoms with Crippen LogP contribution >= 0.6 is 0 Å². The molecule has 0 saturated heterocycles. The highest BCUT2D eigenvalue weighted by Gasteiger charge is 2.48. The van der Waals surface area contributed by atoms with Gasteiger partial charge in [-0.1, -0.05) is 36.9 Å². The highest BCUT2D eigenvalue weighted by atomic mass is 28.3. The molecule has 2 amide bonds. The van der Waals surface area contributed by atoms with Crippen molar-refractivity contribution in [3.05, 3.63) is 64.1 Å². The summed E-state index contributed by atoms with van der Waals surface area (Å²) in [7, 11) is 0.510. The number of azide groups is 1. The summed E-state index contributed by atoms with van der Waals surface area (Å²) in [4.78, 5) is 29.9. The second kappa shape index (κ2) is 16.6. The molecule has 1 atom stereocenters. The summed E-state index contributed by atoms with van der Waals surface area (Å²) in [6.45, 7) is 11.4. The van der Waals surface area contributed by atoms with Crippen LogP contribution in [0.4, 0.5) is 5.69 Å². The Kier molecular flexibility index (Phi) is 12.3. The highest BCUT2D eigenvalue weighted by molar-refractivity contribution is 6.76. The van der Waals surface area contributed by atoms with E-state index >= 15 is 0 Å². The first-order chi connectivity index (χ1) is 23.6. The summed E-state index contributed by atoms with van der Waals surface area (Å²) in [5.41, 5.74) is 13.3. The first-order valence-corrected chi connectivity index (χ1v) is 21.2. The molecule has 2 fully saturated rings. The zero-order valence-electron chi connectivity index (χ0n) is 29.5. The smallest absolute Gasteiger partial charge is 0.270 e. The van der Waals surface area contributed by atoms with E-state index in [1.165, 1.54) is 4.68 Å². The predicted molar refractivity (Wildman–Crippen MR) is 191 cm³/mol. The molecule has 3 aromatic rings. The van der Waals surface area contributed by atoms with Crippen LogP contribution in [0.25, 0.3) is 21.6 Å². The van der Waals surface area contributed by atoms with E-state index in [1.54, 1.807) is 19.3 Å². The largest absolute Gasteiger partial charge is 0.375 e. The van der Waals surface area contributed by atoms with Crippen molar-refractivity contribution in [2.45, 2.75) is 90.5 Å². The number of nitrogens with zero attached hydrogens (tertiary/aromatic N) is 7. The lowest BCUT2D eigenvalue weighted by Crippen LogP contribution is -2.50. The number of carbonyl (C=O) groups is 2. The number of benzene rings is 1. The van der Waals surface area contributed by atoms with Gasteiger partial charge < -0.3 is 20.1 Å². The fourth-order valence-corrected chi connectivity index (χ4v) is 7.08. The predicted octanol–water partition coefficient (Wildman–Crippen LogP) is 6.68. The maximum Gasteiger partial charge on any atom is 0.270 e. The van der Waals surface area contributed by atoms with Crippen LogP contribution in [0.15, 0.2) is 41.6 Å². The number of nitrogens with one attached hydrogen (secondary N) is 2. The van der Waals surface area contributed by atoms with Crippen molar-refractivity contribution in [1.82, 2.24) is 24.9 Å². The Labute approximate surface area is 289 Å². The number of amides is 2. The average Bonchev–Trinajstić information content (AvgIpc) is 4.00. The number of hydrogen-bond acceptors (Lipinski definition) is 7. The first-order valence-electron chi connectivity index (χ1n) is 17.5. The Balaban J connectivity index is 1.30. The standard InChI is InChI=1S/C35H51N9O4Si/c1-24-31(29(22-47-19-7-6-17-37-42-36)41-44(24)23-48-20-21-49(3,4)5)25-12-14-28(15-13-25)39-35(46)33(32(26-8-9-26)27-10-11-27)40-34(45)30-16-18-38-43(30)2/h12-16,18,26-27,32-33H,6-11,17,19-23H2,1-5H3,(H,39,46)(H,40,45)/t33-/m0/s1. The van der Waals surface area contributed by atoms with Gasteiger partial charge in [-0.05, 0) is 98.5 Å². The number of ether oxygens (including phenoxy) is 2. The number of unbranched alkanes of at least 4 members (excludes halogenated alkanes) is 1. The molecule has 0 spiro atoms. The molecule has 0 radical (unpaired) electrons. The molecule has 0 bridgehead atoms. The molecule has 14 heteroatoms. The van der Waals surface area contributed by atoms with E-state index in [0.29, 0.717) is 56.3 Å². The van der Waals surface area contributed by atoms with Crippen LogP contribution in [0.1, 0.15) is 60.4 Å². The molecule has 0 unspecified atom stereocenters. The van der Waals surface area contributed by atoms with Gasteiger partial charge in [0.1, 0.15) is 18.5 Å². The van der Waals surface area contributed by atoms with Gasteiger partial charge >= 0.3 is 0 Å². The lowest BCUT2D eigenvalue weighted by atomic mass is 9.88. The maximum atomic E-state index is 13.9. The van der Waals surface area contributed by atoms with Crippen LogP contribution in [0, 0.1) is 24.7 Å². The fourth-order valence-electron chi connectivity index (χ4n) is 6.32. The molecule has 1 aromatic carbocycles. The number of carbonyl (C=O) groups excluding carboxylic acids is 2. The molecule has 2 aromatic heterocycles. The Morgan fingerprint density at radius 2 is 1.78 bits per heavy atom. The lowest BCUT2D eigenvalue weighted by molar-refractivity contribution is -0.119. The topological polar surface area (TPSA) is 161 Å². The Morgan fingerprint density at radius 3 is 2.39 bits per heavy atom. The minimum atomic E-state index is -1.22. The van der Waals surface area contributed by atoms with Crippen LogP contribution in [-0.2, 0) is 34.7 Å². The van der Waals surface area contributed by atoms with Crippen LogP contribution in [-0.4, -0.2) is 65.2 Å². The molecule has 0 aliphatic heterocycles. The third-order valence-electron chi connectivity index (χ3n) is 9.37.